The second-order valence-electron chi connectivity index (χ2n) is 5.92. The second kappa shape index (κ2) is 9.75. The minimum absolute atomic E-state index is 0.369. The minimum atomic E-state index is 0.369. The molecule has 3 rings (SSSR count). The van der Waals surface area contributed by atoms with E-state index in [1.165, 1.54) is 0 Å². The summed E-state index contributed by atoms with van der Waals surface area (Å²) in [5, 5.41) is 15.4. The summed E-state index contributed by atoms with van der Waals surface area (Å²) < 4.78 is 13.3. The van der Waals surface area contributed by atoms with Gasteiger partial charge in [-0.1, -0.05) is 47.0 Å². The molecule has 0 spiro atoms. The van der Waals surface area contributed by atoms with Crippen molar-refractivity contribution in [2.75, 3.05) is 11.9 Å². The summed E-state index contributed by atoms with van der Waals surface area (Å²) in [6.45, 7) is 7.62. The molecule has 0 aliphatic carbocycles. The van der Waals surface area contributed by atoms with Gasteiger partial charge in [0.05, 0.1) is 13.2 Å². The molecule has 0 fully saturated rings. The second-order valence-corrected chi connectivity index (χ2v) is 6.33. The quantitative estimate of drug-likeness (QED) is 0.517. The molecular weight excluding hydrogens is 378 g/mol. The topological polar surface area (TPSA) is 74.1 Å². The third kappa shape index (κ3) is 5.01. The largest absolute Gasteiger partial charge is 0.490 e. The van der Waals surface area contributed by atoms with Crippen LogP contribution >= 0.6 is 11.6 Å². The van der Waals surface area contributed by atoms with E-state index in [0.717, 1.165) is 11.1 Å². The molecule has 0 atom stereocenters. The van der Waals surface area contributed by atoms with Crippen LogP contribution in [-0.2, 0) is 19.7 Å². The van der Waals surface area contributed by atoms with Crippen LogP contribution < -0.4 is 14.8 Å². The smallest absolute Gasteiger partial charge is 0.243 e. The number of ether oxygens (including phenoxy) is 2. The standard InChI is InChI=1S/C20H22ClN5O2/c1-3-11-26-20(23-24-25-26)22-13-15-9-10-18(19(12-15)27-4-2)28-14-16-7-5-6-8-17(16)21/h3,5-10,12H,1,4,11,13-14H2,2H3,(H,22,23,25). The summed E-state index contributed by atoms with van der Waals surface area (Å²) in [5.74, 6) is 1.93. The average molecular weight is 400 g/mol. The number of aromatic nitrogens is 4. The van der Waals surface area contributed by atoms with Gasteiger partial charge in [0.15, 0.2) is 11.5 Å². The Labute approximate surface area is 168 Å². The van der Waals surface area contributed by atoms with Gasteiger partial charge in [-0.2, -0.15) is 0 Å². The first-order valence-corrected chi connectivity index (χ1v) is 9.32. The van der Waals surface area contributed by atoms with Crippen LogP contribution in [0.15, 0.2) is 55.1 Å². The van der Waals surface area contributed by atoms with Gasteiger partial charge < -0.3 is 14.8 Å². The van der Waals surface area contributed by atoms with Crippen molar-refractivity contribution in [2.45, 2.75) is 26.6 Å². The van der Waals surface area contributed by atoms with Gasteiger partial charge >= 0.3 is 0 Å². The number of anilines is 1. The number of benzene rings is 2. The normalized spacial score (nSPS) is 10.5. The zero-order valence-corrected chi connectivity index (χ0v) is 16.4. The van der Waals surface area contributed by atoms with E-state index < -0.39 is 0 Å². The molecule has 0 bridgehead atoms. The average Bonchev–Trinajstić information content (AvgIpc) is 3.14. The van der Waals surface area contributed by atoms with Crippen molar-refractivity contribution in [3.63, 3.8) is 0 Å². The maximum atomic E-state index is 6.20. The molecule has 0 amide bonds. The molecule has 1 N–H and O–H groups in total. The summed E-state index contributed by atoms with van der Waals surface area (Å²) in [6.07, 6.45) is 1.74. The van der Waals surface area contributed by atoms with Crippen molar-refractivity contribution in [1.82, 2.24) is 20.2 Å². The molecule has 0 saturated heterocycles. The molecular formula is C20H22ClN5O2. The highest BCUT2D eigenvalue weighted by atomic mass is 35.5. The Bertz CT molecular complexity index is 928. The van der Waals surface area contributed by atoms with Crippen molar-refractivity contribution in [3.8, 4) is 11.5 Å². The molecule has 0 radical (unpaired) electrons. The van der Waals surface area contributed by atoms with Gasteiger partial charge in [0.2, 0.25) is 5.95 Å². The van der Waals surface area contributed by atoms with Crippen molar-refractivity contribution in [1.29, 1.82) is 0 Å². The van der Waals surface area contributed by atoms with E-state index in [-0.39, 0.29) is 0 Å². The van der Waals surface area contributed by atoms with Crippen molar-refractivity contribution >= 4 is 17.5 Å². The number of nitrogens with one attached hydrogen (secondary N) is 1. The third-order valence-corrected chi connectivity index (χ3v) is 4.30. The van der Waals surface area contributed by atoms with Crippen molar-refractivity contribution < 1.29 is 9.47 Å². The molecule has 0 aliphatic heterocycles. The molecule has 146 valence electrons. The van der Waals surface area contributed by atoms with Gasteiger partial charge in [-0.3, -0.25) is 0 Å². The van der Waals surface area contributed by atoms with Gasteiger partial charge in [-0.15, -0.1) is 6.58 Å². The van der Waals surface area contributed by atoms with Crippen molar-refractivity contribution in [2.24, 2.45) is 0 Å². The Hall–Kier alpha value is -3.06. The summed E-state index contributed by atoms with van der Waals surface area (Å²) in [7, 11) is 0. The maximum absolute atomic E-state index is 6.20. The molecule has 1 aromatic heterocycles. The van der Waals surface area contributed by atoms with Crippen LogP contribution in [0, 0.1) is 0 Å². The van der Waals surface area contributed by atoms with Gasteiger partial charge in [0.25, 0.3) is 0 Å². The first-order valence-electron chi connectivity index (χ1n) is 8.94. The number of hydrogen-bond donors (Lipinski definition) is 1. The lowest BCUT2D eigenvalue weighted by Crippen LogP contribution is -2.08. The van der Waals surface area contributed by atoms with Crippen LogP contribution in [0.4, 0.5) is 5.95 Å². The Kier molecular flexibility index (Phi) is 6.86. The first-order chi connectivity index (χ1) is 13.7. The molecule has 0 unspecified atom stereocenters. The third-order valence-electron chi connectivity index (χ3n) is 3.93. The minimum Gasteiger partial charge on any atom is -0.490 e. The number of hydrogen-bond acceptors (Lipinski definition) is 6. The van der Waals surface area contributed by atoms with Crippen LogP contribution in [0.2, 0.25) is 5.02 Å². The van der Waals surface area contributed by atoms with Crippen LogP contribution in [0.3, 0.4) is 0 Å². The van der Waals surface area contributed by atoms with Crippen LogP contribution in [0.1, 0.15) is 18.1 Å². The van der Waals surface area contributed by atoms with Gasteiger partial charge in [-0.05, 0) is 41.1 Å². The summed E-state index contributed by atoms with van der Waals surface area (Å²) >= 11 is 6.20. The van der Waals surface area contributed by atoms with Crippen LogP contribution in [-0.4, -0.2) is 26.8 Å². The molecule has 28 heavy (non-hydrogen) atoms. The SMILES string of the molecule is C=CCn1nnnc1NCc1ccc(OCc2ccccc2Cl)c(OCC)c1. The number of nitrogens with zero attached hydrogens (tertiary/aromatic N) is 4. The fourth-order valence-corrected chi connectivity index (χ4v) is 2.77. The Morgan fingerprint density at radius 3 is 2.82 bits per heavy atom. The highest BCUT2D eigenvalue weighted by Crippen LogP contribution is 2.30. The summed E-state index contributed by atoms with van der Waals surface area (Å²) in [6, 6.07) is 13.4. The first kappa shape index (κ1) is 19.7. The van der Waals surface area contributed by atoms with E-state index in [1.54, 1.807) is 10.8 Å². The molecule has 8 heteroatoms. The van der Waals surface area contributed by atoms with Gasteiger partial charge in [0, 0.05) is 17.1 Å². The van der Waals surface area contributed by atoms with Gasteiger partial charge in [-0.25, -0.2) is 4.68 Å². The predicted octanol–water partition coefficient (Wildman–Crippen LogP) is 4.10. The molecule has 0 aliphatic rings. The molecule has 0 saturated carbocycles. The predicted molar refractivity (Wildman–Crippen MR) is 109 cm³/mol. The monoisotopic (exact) mass is 399 g/mol. The number of tetrazole rings is 1. The molecule has 2 aromatic carbocycles. The van der Waals surface area contributed by atoms with E-state index in [1.807, 2.05) is 49.4 Å². The summed E-state index contributed by atoms with van der Waals surface area (Å²) in [5.41, 5.74) is 1.94. The van der Waals surface area contributed by atoms with Crippen molar-refractivity contribution in [3.05, 3.63) is 71.3 Å². The van der Waals surface area contributed by atoms with E-state index in [0.29, 0.717) is 48.8 Å². The number of rotatable bonds is 10. The zero-order chi connectivity index (χ0) is 19.8. The van der Waals surface area contributed by atoms with Gasteiger partial charge in [0.1, 0.15) is 6.61 Å². The number of allylic oxidation sites excluding steroid dienone is 1. The Balaban J connectivity index is 1.68. The fourth-order valence-electron chi connectivity index (χ4n) is 2.58. The molecule has 1 heterocycles. The highest BCUT2D eigenvalue weighted by molar-refractivity contribution is 6.31. The molecule has 3 aromatic rings. The Morgan fingerprint density at radius 1 is 1.18 bits per heavy atom. The lowest BCUT2D eigenvalue weighted by Gasteiger charge is -2.14. The van der Waals surface area contributed by atoms with E-state index >= 15 is 0 Å². The van der Waals surface area contributed by atoms with E-state index in [2.05, 4.69) is 27.4 Å². The van der Waals surface area contributed by atoms with E-state index in [9.17, 15) is 0 Å². The van der Waals surface area contributed by atoms with E-state index in [4.69, 9.17) is 21.1 Å². The fraction of sp³-hybridized carbons (Fsp3) is 0.250. The summed E-state index contributed by atoms with van der Waals surface area (Å²) in [4.78, 5) is 0. The highest BCUT2D eigenvalue weighted by Gasteiger charge is 2.10. The lowest BCUT2D eigenvalue weighted by molar-refractivity contribution is 0.269. The maximum Gasteiger partial charge on any atom is 0.243 e. The zero-order valence-electron chi connectivity index (χ0n) is 15.6. The van der Waals surface area contributed by atoms with Crippen LogP contribution in [0.5, 0.6) is 11.5 Å². The molecule has 7 nitrogen and oxygen atoms in total. The van der Waals surface area contributed by atoms with Crippen LogP contribution in [0.25, 0.3) is 0 Å². The lowest BCUT2D eigenvalue weighted by atomic mass is 10.2. The Morgan fingerprint density at radius 2 is 2.04 bits per heavy atom. The number of halogens is 1.